The van der Waals surface area contributed by atoms with E-state index in [-0.39, 0.29) is 23.7 Å². The van der Waals surface area contributed by atoms with Crippen LogP contribution in [0.1, 0.15) is 80.7 Å². The van der Waals surface area contributed by atoms with Crippen molar-refractivity contribution in [2.45, 2.75) is 77.3 Å². The van der Waals surface area contributed by atoms with Crippen molar-refractivity contribution in [3.05, 3.63) is 53.6 Å². The van der Waals surface area contributed by atoms with Gasteiger partial charge in [0, 0.05) is 41.5 Å². The van der Waals surface area contributed by atoms with Crippen LogP contribution in [0.15, 0.2) is 35.0 Å². The van der Waals surface area contributed by atoms with Gasteiger partial charge in [-0.25, -0.2) is 14.4 Å². The minimum absolute atomic E-state index is 0.0302. The molecule has 6 rings (SSSR count). The summed E-state index contributed by atoms with van der Waals surface area (Å²) in [7, 11) is 1.43. The number of methoxy groups -OCH3 is 1. The zero-order valence-corrected chi connectivity index (χ0v) is 22.0. The van der Waals surface area contributed by atoms with Gasteiger partial charge in [0.1, 0.15) is 17.1 Å². The Hall–Kier alpha value is -3.75. The van der Waals surface area contributed by atoms with Crippen molar-refractivity contribution in [1.82, 2.24) is 19.7 Å². The van der Waals surface area contributed by atoms with Gasteiger partial charge in [-0.15, -0.1) is 0 Å². The monoisotopic (exact) mass is 517 g/mol. The van der Waals surface area contributed by atoms with Crippen molar-refractivity contribution < 1.29 is 18.4 Å². The van der Waals surface area contributed by atoms with Crippen LogP contribution >= 0.6 is 0 Å². The first-order chi connectivity index (χ1) is 18.5. The number of halogens is 1. The fourth-order valence-corrected chi connectivity index (χ4v) is 6.21. The Balaban J connectivity index is 1.51. The number of hydrogen-bond donors (Lipinski definition) is 0. The van der Waals surface area contributed by atoms with Crippen LogP contribution < -0.4 is 9.64 Å². The summed E-state index contributed by atoms with van der Waals surface area (Å²) in [5.41, 5.74) is 4.76. The van der Waals surface area contributed by atoms with Crippen molar-refractivity contribution in [3.8, 4) is 16.9 Å². The molecule has 38 heavy (non-hydrogen) atoms. The molecule has 1 aliphatic carbocycles. The minimum atomic E-state index is -0.492. The van der Waals surface area contributed by atoms with Crippen molar-refractivity contribution in [2.24, 2.45) is 0 Å². The highest BCUT2D eigenvalue weighted by atomic mass is 19.1. The van der Waals surface area contributed by atoms with Gasteiger partial charge in [-0.1, -0.05) is 24.4 Å². The molecule has 3 aromatic heterocycles. The predicted octanol–water partition coefficient (Wildman–Crippen LogP) is 6.61. The summed E-state index contributed by atoms with van der Waals surface area (Å²) in [5, 5.41) is 4.10. The van der Waals surface area contributed by atoms with E-state index in [1.807, 2.05) is 26.1 Å². The number of pyridine rings is 1. The molecule has 0 bridgehead atoms. The van der Waals surface area contributed by atoms with E-state index < -0.39 is 5.82 Å². The lowest BCUT2D eigenvalue weighted by molar-refractivity contribution is -0.120. The molecule has 1 atom stereocenters. The molecule has 1 aromatic carbocycles. The smallest absolute Gasteiger partial charge is 0.227 e. The van der Waals surface area contributed by atoms with Gasteiger partial charge >= 0.3 is 0 Å². The van der Waals surface area contributed by atoms with Crippen LogP contribution in [0.25, 0.3) is 22.3 Å². The number of carbonyl (C=O) groups excluding carboxylic acids is 1. The maximum Gasteiger partial charge on any atom is 0.227 e. The maximum absolute atomic E-state index is 14.7. The number of benzene rings is 1. The number of anilines is 1. The van der Waals surface area contributed by atoms with Crippen molar-refractivity contribution >= 4 is 22.8 Å². The third kappa shape index (κ3) is 4.14. The molecule has 0 radical (unpaired) electrons. The van der Waals surface area contributed by atoms with Crippen LogP contribution in [-0.2, 0) is 4.79 Å². The van der Waals surface area contributed by atoms with E-state index in [0.717, 1.165) is 78.1 Å². The SMILES string of the molecule is COc1ccc(N2C(=O)CCC[C@H]2c2nc3cc(-c4c(C)noc4C)cnc3n2C2CCCCC2)cc1F. The number of carbonyl (C=O) groups is 1. The summed E-state index contributed by atoms with van der Waals surface area (Å²) in [6.45, 7) is 3.81. The number of hydrogen-bond acceptors (Lipinski definition) is 6. The molecule has 9 heteroatoms. The Morgan fingerprint density at radius 2 is 1.89 bits per heavy atom. The summed E-state index contributed by atoms with van der Waals surface area (Å²) < 4.78 is 27.5. The first-order valence-corrected chi connectivity index (χ1v) is 13.4. The minimum Gasteiger partial charge on any atom is -0.494 e. The molecular weight excluding hydrogens is 485 g/mol. The van der Waals surface area contributed by atoms with Gasteiger partial charge in [0.05, 0.1) is 18.8 Å². The molecular formula is C29H32FN5O3. The Bertz CT molecular complexity index is 1480. The number of rotatable bonds is 5. The van der Waals surface area contributed by atoms with E-state index in [9.17, 15) is 9.18 Å². The standard InChI is InChI=1S/C29H32FN5O3/c1-17-27(18(2)38-33-17)19-14-23-28(31-16-19)35(20-8-5-4-6-9-20)29(32-23)24-10-7-11-26(36)34(24)21-12-13-25(37-3)22(30)15-21/h12-16,20,24H,4-11H2,1-3H3/t24-/m0/s1. The highest BCUT2D eigenvalue weighted by Crippen LogP contribution is 2.41. The molecule has 0 unspecified atom stereocenters. The molecule has 1 amide bonds. The molecule has 8 nitrogen and oxygen atoms in total. The molecule has 4 heterocycles. The third-order valence-electron chi connectivity index (χ3n) is 7.98. The Labute approximate surface area is 220 Å². The molecule has 198 valence electrons. The lowest BCUT2D eigenvalue weighted by atomic mass is 9.94. The zero-order chi connectivity index (χ0) is 26.4. The van der Waals surface area contributed by atoms with E-state index >= 15 is 0 Å². The number of piperidine rings is 1. The number of ether oxygens (including phenoxy) is 1. The van der Waals surface area contributed by atoms with Crippen molar-refractivity contribution in [1.29, 1.82) is 0 Å². The van der Waals surface area contributed by atoms with Gasteiger partial charge in [-0.3, -0.25) is 4.79 Å². The molecule has 0 spiro atoms. The Morgan fingerprint density at radius 1 is 1.08 bits per heavy atom. The second-order valence-electron chi connectivity index (χ2n) is 10.4. The molecule has 1 saturated carbocycles. The fraction of sp³-hybridized carbons (Fsp3) is 0.448. The third-order valence-corrected chi connectivity index (χ3v) is 7.98. The molecule has 4 aromatic rings. The van der Waals surface area contributed by atoms with Gasteiger partial charge in [-0.05, 0) is 57.7 Å². The fourth-order valence-electron chi connectivity index (χ4n) is 6.21. The van der Waals surface area contributed by atoms with Crippen LogP contribution in [0.3, 0.4) is 0 Å². The van der Waals surface area contributed by atoms with E-state index in [2.05, 4.69) is 9.72 Å². The highest BCUT2D eigenvalue weighted by molar-refractivity contribution is 5.95. The number of fused-ring (bicyclic) bond motifs is 1. The molecule has 2 aliphatic rings. The van der Waals surface area contributed by atoms with Crippen LogP contribution in [0.5, 0.6) is 5.75 Å². The van der Waals surface area contributed by atoms with Gasteiger partial charge < -0.3 is 18.7 Å². The van der Waals surface area contributed by atoms with Crippen LogP contribution in [0.2, 0.25) is 0 Å². The predicted molar refractivity (Wildman–Crippen MR) is 142 cm³/mol. The zero-order valence-electron chi connectivity index (χ0n) is 22.0. The summed E-state index contributed by atoms with van der Waals surface area (Å²) in [5.74, 6) is 1.19. The number of aromatic nitrogens is 4. The topological polar surface area (TPSA) is 86.3 Å². The number of aryl methyl sites for hydroxylation is 2. The first-order valence-electron chi connectivity index (χ1n) is 13.4. The lowest BCUT2D eigenvalue weighted by Crippen LogP contribution is -2.40. The van der Waals surface area contributed by atoms with E-state index in [4.69, 9.17) is 19.2 Å². The molecule has 1 saturated heterocycles. The normalized spacial score (nSPS) is 18.9. The second-order valence-corrected chi connectivity index (χ2v) is 10.4. The van der Waals surface area contributed by atoms with Crippen LogP contribution in [-0.4, -0.2) is 32.7 Å². The van der Waals surface area contributed by atoms with Gasteiger partial charge in [-0.2, -0.15) is 0 Å². The van der Waals surface area contributed by atoms with Gasteiger partial charge in [0.25, 0.3) is 0 Å². The Morgan fingerprint density at radius 3 is 2.61 bits per heavy atom. The van der Waals surface area contributed by atoms with Gasteiger partial charge in [0.15, 0.2) is 17.2 Å². The van der Waals surface area contributed by atoms with E-state index in [1.54, 1.807) is 17.0 Å². The summed E-state index contributed by atoms with van der Waals surface area (Å²) in [4.78, 5) is 25.1. The summed E-state index contributed by atoms with van der Waals surface area (Å²) >= 11 is 0. The summed E-state index contributed by atoms with van der Waals surface area (Å²) in [6.07, 6.45) is 9.39. The average molecular weight is 518 g/mol. The molecule has 0 N–H and O–H groups in total. The maximum atomic E-state index is 14.7. The molecule has 2 fully saturated rings. The second kappa shape index (κ2) is 9.85. The van der Waals surface area contributed by atoms with Crippen molar-refractivity contribution in [2.75, 3.05) is 12.0 Å². The first kappa shape index (κ1) is 24.6. The van der Waals surface area contributed by atoms with E-state index in [1.165, 1.54) is 19.6 Å². The van der Waals surface area contributed by atoms with E-state index in [0.29, 0.717) is 12.1 Å². The molecule has 1 aliphatic heterocycles. The largest absolute Gasteiger partial charge is 0.494 e. The average Bonchev–Trinajstić information content (AvgIpc) is 3.47. The summed E-state index contributed by atoms with van der Waals surface area (Å²) in [6, 6.07) is 6.69. The Kier molecular flexibility index (Phi) is 6.37. The van der Waals surface area contributed by atoms with Crippen molar-refractivity contribution in [3.63, 3.8) is 0 Å². The number of amides is 1. The number of nitrogens with zero attached hydrogens (tertiary/aromatic N) is 5. The van der Waals surface area contributed by atoms with Crippen LogP contribution in [0, 0.1) is 19.7 Å². The highest BCUT2D eigenvalue weighted by Gasteiger charge is 2.36. The van der Waals surface area contributed by atoms with Crippen LogP contribution in [0.4, 0.5) is 10.1 Å². The lowest BCUT2D eigenvalue weighted by Gasteiger charge is -2.37. The number of imidazole rings is 1. The quantitative estimate of drug-likeness (QED) is 0.296. The van der Waals surface area contributed by atoms with Gasteiger partial charge in [0.2, 0.25) is 5.91 Å².